The summed E-state index contributed by atoms with van der Waals surface area (Å²) in [5.74, 6) is 1.11. The molecule has 4 aromatic rings. The Hall–Kier alpha value is -3.91. The van der Waals surface area contributed by atoms with Gasteiger partial charge in [-0.25, -0.2) is 0 Å². The van der Waals surface area contributed by atoms with Gasteiger partial charge in [-0.2, -0.15) is 0 Å². The van der Waals surface area contributed by atoms with E-state index in [1.165, 1.54) is 11.8 Å². The van der Waals surface area contributed by atoms with Crippen LogP contribution in [0.3, 0.4) is 0 Å². The molecule has 2 amide bonds. The zero-order chi connectivity index (χ0) is 25.2. The smallest absolute Gasteiger partial charge is 0.248 e. The molecule has 8 heteroatoms. The molecule has 1 aliphatic rings. The molecule has 7 nitrogen and oxygen atoms in total. The normalized spacial score (nSPS) is 15.4. The monoisotopic (exact) mass is 501 g/mol. The van der Waals surface area contributed by atoms with Crippen LogP contribution in [0.2, 0.25) is 0 Å². The first-order chi connectivity index (χ1) is 17.5. The van der Waals surface area contributed by atoms with Crippen LogP contribution in [-0.2, 0) is 23.2 Å². The van der Waals surface area contributed by atoms with Crippen molar-refractivity contribution in [3.8, 4) is 11.5 Å². The zero-order valence-electron chi connectivity index (χ0n) is 20.4. The second-order valence-electron chi connectivity index (χ2n) is 8.48. The highest BCUT2D eigenvalue weighted by Gasteiger charge is 2.39. The summed E-state index contributed by atoms with van der Waals surface area (Å²) in [6.45, 7) is 0.271. The first-order valence-electron chi connectivity index (χ1n) is 11.6. The fourth-order valence-corrected chi connectivity index (χ4v) is 5.81. The van der Waals surface area contributed by atoms with E-state index in [0.717, 1.165) is 27.1 Å². The highest BCUT2D eigenvalue weighted by molar-refractivity contribution is 8.00. The van der Waals surface area contributed by atoms with Crippen LogP contribution >= 0.6 is 11.8 Å². The van der Waals surface area contributed by atoms with Crippen molar-refractivity contribution < 1.29 is 19.1 Å². The number of aromatic nitrogens is 1. The lowest BCUT2D eigenvalue weighted by molar-refractivity contribution is -0.125. The van der Waals surface area contributed by atoms with Gasteiger partial charge in [-0.15, -0.1) is 0 Å². The predicted octanol–water partition coefficient (Wildman–Crippen LogP) is 4.69. The van der Waals surface area contributed by atoms with Crippen LogP contribution in [0, 0.1) is 0 Å². The van der Waals surface area contributed by atoms with E-state index in [4.69, 9.17) is 9.47 Å². The lowest BCUT2D eigenvalue weighted by Crippen LogP contribution is -2.43. The van der Waals surface area contributed by atoms with Gasteiger partial charge in [0.15, 0.2) is 0 Å². The van der Waals surface area contributed by atoms with E-state index in [2.05, 4.69) is 9.88 Å². The van der Waals surface area contributed by atoms with E-state index >= 15 is 0 Å². The summed E-state index contributed by atoms with van der Waals surface area (Å²) in [6, 6.07) is 22.0. The topological polar surface area (TPSA) is 72.8 Å². The third kappa shape index (κ3) is 4.18. The second-order valence-corrected chi connectivity index (χ2v) is 9.45. The minimum Gasteiger partial charge on any atom is -0.497 e. The van der Waals surface area contributed by atoms with Crippen LogP contribution in [0.15, 0.2) is 77.8 Å². The van der Waals surface area contributed by atoms with Gasteiger partial charge in [0, 0.05) is 47.4 Å². The SMILES string of the molecule is COc1cccc(N2C(=O)CSc3c(c4ccccc4n3C)C2C(=O)NCc2ccccc2OC)c1. The van der Waals surface area contributed by atoms with Gasteiger partial charge in [-0.1, -0.05) is 54.2 Å². The number of carbonyl (C=O) groups is 2. The number of fused-ring (bicyclic) bond motifs is 3. The minimum atomic E-state index is -0.865. The first kappa shape index (κ1) is 23.8. The van der Waals surface area contributed by atoms with Gasteiger partial charge >= 0.3 is 0 Å². The summed E-state index contributed by atoms with van der Waals surface area (Å²) in [5, 5.41) is 4.93. The van der Waals surface area contributed by atoms with Gasteiger partial charge < -0.3 is 19.4 Å². The lowest BCUT2D eigenvalue weighted by Gasteiger charge is -2.30. The number of methoxy groups -OCH3 is 2. The molecule has 0 spiro atoms. The van der Waals surface area contributed by atoms with Crippen molar-refractivity contribution in [1.82, 2.24) is 9.88 Å². The van der Waals surface area contributed by atoms with Crippen molar-refractivity contribution >= 4 is 40.2 Å². The molecule has 184 valence electrons. The summed E-state index contributed by atoms with van der Waals surface area (Å²) >= 11 is 1.46. The molecule has 0 saturated carbocycles. The quantitative estimate of drug-likeness (QED) is 0.415. The molecule has 5 rings (SSSR count). The average Bonchev–Trinajstić information content (AvgIpc) is 3.09. The average molecular weight is 502 g/mol. The number of aryl methyl sites for hydroxylation is 1. The molecule has 0 aliphatic carbocycles. The highest BCUT2D eigenvalue weighted by Crippen LogP contribution is 2.43. The van der Waals surface area contributed by atoms with Crippen molar-refractivity contribution in [2.75, 3.05) is 24.9 Å². The molecule has 0 radical (unpaired) electrons. The van der Waals surface area contributed by atoms with E-state index in [0.29, 0.717) is 17.2 Å². The molecule has 1 aromatic heterocycles. The molecule has 36 heavy (non-hydrogen) atoms. The molecule has 1 atom stereocenters. The molecule has 1 unspecified atom stereocenters. The van der Waals surface area contributed by atoms with Gasteiger partial charge in [-0.05, 0) is 24.3 Å². The number of para-hydroxylation sites is 2. The van der Waals surface area contributed by atoms with Crippen LogP contribution in [0.5, 0.6) is 11.5 Å². The van der Waals surface area contributed by atoms with Gasteiger partial charge in [0.1, 0.15) is 17.5 Å². The third-order valence-corrected chi connectivity index (χ3v) is 7.61. The number of nitrogens with zero attached hydrogens (tertiary/aromatic N) is 2. The van der Waals surface area contributed by atoms with Crippen LogP contribution < -0.4 is 19.7 Å². The van der Waals surface area contributed by atoms with Gasteiger partial charge in [0.2, 0.25) is 11.8 Å². The second kappa shape index (κ2) is 9.99. The zero-order valence-corrected chi connectivity index (χ0v) is 21.2. The van der Waals surface area contributed by atoms with E-state index in [1.807, 2.05) is 73.8 Å². The Labute approximate surface area is 214 Å². The van der Waals surface area contributed by atoms with Crippen LogP contribution in [0.25, 0.3) is 10.9 Å². The van der Waals surface area contributed by atoms with Gasteiger partial charge in [-0.3, -0.25) is 14.5 Å². The number of hydrogen-bond donors (Lipinski definition) is 1. The molecule has 0 saturated heterocycles. The van der Waals surface area contributed by atoms with Crippen molar-refractivity contribution in [1.29, 1.82) is 0 Å². The summed E-state index contributed by atoms with van der Waals surface area (Å²) in [7, 11) is 5.16. The maximum absolute atomic E-state index is 14.0. The van der Waals surface area contributed by atoms with Crippen molar-refractivity contribution in [3.63, 3.8) is 0 Å². The minimum absolute atomic E-state index is 0.147. The number of amides is 2. The fraction of sp³-hybridized carbons (Fsp3) is 0.214. The summed E-state index contributed by atoms with van der Waals surface area (Å²) in [5.41, 5.74) is 3.30. The standard InChI is InChI=1S/C28H27N3O4S/c1-30-22-13-6-5-12-21(22)25-26(27(33)29-16-18-9-4-7-14-23(18)35-3)31(24(32)17-36-28(25)30)19-10-8-11-20(15-19)34-2/h4-15,26H,16-17H2,1-3H3,(H,29,33). The van der Waals surface area contributed by atoms with Crippen LogP contribution in [0.4, 0.5) is 5.69 Å². The molecule has 0 fully saturated rings. The van der Waals surface area contributed by atoms with Gasteiger partial charge in [0.25, 0.3) is 0 Å². The maximum Gasteiger partial charge on any atom is 0.248 e. The molecule has 3 aromatic carbocycles. The Bertz CT molecular complexity index is 1450. The fourth-order valence-electron chi connectivity index (χ4n) is 4.74. The summed E-state index contributed by atoms with van der Waals surface area (Å²) in [4.78, 5) is 29.2. The Balaban J connectivity index is 1.64. The number of benzene rings is 3. The number of carbonyl (C=O) groups excluding carboxylic acids is 2. The number of rotatable bonds is 6. The molecular weight excluding hydrogens is 474 g/mol. The van der Waals surface area contributed by atoms with E-state index in [9.17, 15) is 9.59 Å². The van der Waals surface area contributed by atoms with E-state index < -0.39 is 6.04 Å². The number of nitrogens with one attached hydrogen (secondary N) is 1. The molecule has 2 heterocycles. The number of anilines is 1. The lowest BCUT2D eigenvalue weighted by atomic mass is 10.0. The molecule has 1 N–H and O–H groups in total. The van der Waals surface area contributed by atoms with E-state index in [1.54, 1.807) is 25.2 Å². The number of ether oxygens (including phenoxy) is 2. The molecule has 1 aliphatic heterocycles. The predicted molar refractivity (Wildman–Crippen MR) is 142 cm³/mol. The summed E-state index contributed by atoms with van der Waals surface area (Å²) in [6.07, 6.45) is 0. The van der Waals surface area contributed by atoms with Crippen molar-refractivity contribution in [3.05, 3.63) is 83.9 Å². The Kier molecular flexibility index (Phi) is 6.61. The van der Waals surface area contributed by atoms with Crippen LogP contribution in [0.1, 0.15) is 17.2 Å². The number of hydrogen-bond acceptors (Lipinski definition) is 5. The Morgan fingerprint density at radius 1 is 1.03 bits per heavy atom. The first-order valence-corrected chi connectivity index (χ1v) is 12.6. The van der Waals surface area contributed by atoms with Crippen molar-refractivity contribution in [2.45, 2.75) is 17.6 Å². The largest absolute Gasteiger partial charge is 0.497 e. The Morgan fingerprint density at radius 3 is 2.61 bits per heavy atom. The van der Waals surface area contributed by atoms with E-state index in [-0.39, 0.29) is 24.1 Å². The highest BCUT2D eigenvalue weighted by atomic mass is 32.2. The summed E-state index contributed by atoms with van der Waals surface area (Å²) < 4.78 is 12.9. The van der Waals surface area contributed by atoms with Gasteiger partial charge in [0.05, 0.1) is 25.0 Å². The van der Waals surface area contributed by atoms with Crippen molar-refractivity contribution in [2.24, 2.45) is 7.05 Å². The third-order valence-electron chi connectivity index (χ3n) is 6.45. The maximum atomic E-state index is 14.0. The molecular formula is C28H27N3O4S. The molecule has 0 bridgehead atoms. The Morgan fingerprint density at radius 2 is 1.81 bits per heavy atom. The number of thioether (sulfide) groups is 1. The van der Waals surface area contributed by atoms with Crippen LogP contribution in [-0.4, -0.2) is 36.4 Å².